The number of halogens is 2. The van der Waals surface area contributed by atoms with Crippen LogP contribution in [0.3, 0.4) is 0 Å². The molecule has 0 spiro atoms. The summed E-state index contributed by atoms with van der Waals surface area (Å²) in [5, 5.41) is 6.81. The Hall–Kier alpha value is -2.09. The molecular formula is C18H16BrClN4OS. The number of imidazole rings is 1. The maximum atomic E-state index is 6.14. The number of hydrogen-bond donors (Lipinski definition) is 1. The van der Waals surface area contributed by atoms with Gasteiger partial charge in [-0.1, -0.05) is 11.6 Å². The molecule has 0 fully saturated rings. The highest BCUT2D eigenvalue weighted by molar-refractivity contribution is 8.93. The average Bonchev–Trinajstić information content (AvgIpc) is 3.18. The SMILES string of the molecule is Br.COc1ccc(Nc2nc(-c3c(C)nc4ccc(Cl)cn34)cs2)cc1. The van der Waals surface area contributed by atoms with Crippen molar-refractivity contribution in [3.63, 3.8) is 0 Å². The normalized spacial score (nSPS) is 10.6. The molecule has 0 unspecified atom stereocenters. The molecule has 4 rings (SSSR count). The Kier molecular flexibility index (Phi) is 5.50. The molecule has 134 valence electrons. The van der Waals surface area contributed by atoms with Crippen molar-refractivity contribution in [2.45, 2.75) is 6.92 Å². The first kappa shape index (κ1) is 18.7. The predicted octanol–water partition coefficient (Wildman–Crippen LogP) is 5.75. The molecule has 0 saturated carbocycles. The van der Waals surface area contributed by atoms with Crippen LogP contribution in [-0.2, 0) is 0 Å². The van der Waals surface area contributed by atoms with Crippen LogP contribution in [0.1, 0.15) is 5.69 Å². The van der Waals surface area contributed by atoms with Crippen molar-refractivity contribution in [3.8, 4) is 17.1 Å². The molecule has 8 heteroatoms. The maximum Gasteiger partial charge on any atom is 0.187 e. The van der Waals surface area contributed by atoms with Gasteiger partial charge in [-0.3, -0.25) is 4.40 Å². The van der Waals surface area contributed by atoms with Crippen molar-refractivity contribution in [3.05, 3.63) is 58.7 Å². The third kappa shape index (κ3) is 3.56. The number of ether oxygens (including phenoxy) is 1. The van der Waals surface area contributed by atoms with Gasteiger partial charge in [0.25, 0.3) is 0 Å². The van der Waals surface area contributed by atoms with Gasteiger partial charge in [0.05, 0.1) is 23.5 Å². The summed E-state index contributed by atoms with van der Waals surface area (Å²) >= 11 is 7.68. The minimum Gasteiger partial charge on any atom is -0.497 e. The van der Waals surface area contributed by atoms with Crippen molar-refractivity contribution in [1.29, 1.82) is 0 Å². The number of thiazole rings is 1. The van der Waals surface area contributed by atoms with E-state index in [9.17, 15) is 0 Å². The van der Waals surface area contributed by atoms with Gasteiger partial charge in [-0.25, -0.2) is 9.97 Å². The number of nitrogens with zero attached hydrogens (tertiary/aromatic N) is 3. The average molecular weight is 452 g/mol. The van der Waals surface area contributed by atoms with E-state index in [1.165, 1.54) is 0 Å². The van der Waals surface area contributed by atoms with Gasteiger partial charge < -0.3 is 10.1 Å². The van der Waals surface area contributed by atoms with Crippen LogP contribution in [0.25, 0.3) is 17.0 Å². The van der Waals surface area contributed by atoms with Gasteiger partial charge in [0.2, 0.25) is 0 Å². The van der Waals surface area contributed by atoms with E-state index in [1.54, 1.807) is 18.4 Å². The summed E-state index contributed by atoms with van der Waals surface area (Å²) in [6, 6.07) is 11.5. The Morgan fingerprint density at radius 2 is 1.88 bits per heavy atom. The quantitative estimate of drug-likeness (QED) is 0.429. The fraction of sp³-hybridized carbons (Fsp3) is 0.111. The van der Waals surface area contributed by atoms with Crippen LogP contribution in [0.4, 0.5) is 10.8 Å². The van der Waals surface area contributed by atoms with Gasteiger partial charge in [0.15, 0.2) is 5.13 Å². The van der Waals surface area contributed by atoms with E-state index in [1.807, 2.05) is 59.3 Å². The lowest BCUT2D eigenvalue weighted by Gasteiger charge is -2.04. The van der Waals surface area contributed by atoms with E-state index < -0.39 is 0 Å². The summed E-state index contributed by atoms with van der Waals surface area (Å²) in [5.41, 5.74) is 4.56. The highest BCUT2D eigenvalue weighted by atomic mass is 79.9. The first-order valence-electron chi connectivity index (χ1n) is 7.65. The number of pyridine rings is 1. The highest BCUT2D eigenvalue weighted by Crippen LogP contribution is 2.30. The van der Waals surface area contributed by atoms with Crippen LogP contribution >= 0.6 is 39.9 Å². The second kappa shape index (κ2) is 7.65. The number of benzene rings is 1. The van der Waals surface area contributed by atoms with E-state index in [2.05, 4.69) is 10.3 Å². The number of anilines is 2. The van der Waals surface area contributed by atoms with Crippen molar-refractivity contribution >= 4 is 56.4 Å². The molecule has 0 bridgehead atoms. The van der Waals surface area contributed by atoms with Crippen molar-refractivity contribution in [2.24, 2.45) is 0 Å². The Bertz CT molecular complexity index is 1050. The van der Waals surface area contributed by atoms with Crippen LogP contribution in [0.15, 0.2) is 48.0 Å². The predicted molar refractivity (Wildman–Crippen MR) is 113 cm³/mol. The molecule has 0 aliphatic heterocycles. The summed E-state index contributed by atoms with van der Waals surface area (Å²) in [5.74, 6) is 0.823. The van der Waals surface area contributed by atoms with Crippen LogP contribution in [0, 0.1) is 6.92 Å². The molecule has 26 heavy (non-hydrogen) atoms. The standard InChI is InChI=1S/C18H15ClN4OS.BrH/c1-11-17(23-9-12(19)3-8-16(23)20-11)15-10-25-18(22-15)21-13-4-6-14(24-2)7-5-13;/h3-10H,1-2H3,(H,21,22);1H. The monoisotopic (exact) mass is 450 g/mol. The first-order chi connectivity index (χ1) is 12.1. The number of nitrogens with one attached hydrogen (secondary N) is 1. The highest BCUT2D eigenvalue weighted by Gasteiger charge is 2.14. The summed E-state index contributed by atoms with van der Waals surface area (Å²) in [6.45, 7) is 1.98. The number of rotatable bonds is 4. The number of aromatic nitrogens is 3. The van der Waals surface area contributed by atoms with Gasteiger partial charge in [0.1, 0.15) is 17.1 Å². The second-order valence-corrected chi connectivity index (χ2v) is 6.81. The molecule has 0 amide bonds. The molecule has 5 nitrogen and oxygen atoms in total. The summed E-state index contributed by atoms with van der Waals surface area (Å²) < 4.78 is 7.15. The van der Waals surface area contributed by atoms with Gasteiger partial charge in [-0.05, 0) is 43.3 Å². The van der Waals surface area contributed by atoms with E-state index >= 15 is 0 Å². The third-order valence-electron chi connectivity index (χ3n) is 3.84. The fourth-order valence-electron chi connectivity index (χ4n) is 2.68. The molecule has 4 aromatic rings. The van der Waals surface area contributed by atoms with Crippen molar-refractivity contribution in [1.82, 2.24) is 14.4 Å². The molecule has 0 aliphatic carbocycles. The van der Waals surface area contributed by atoms with Gasteiger partial charge in [0, 0.05) is 17.3 Å². The fourth-order valence-corrected chi connectivity index (χ4v) is 3.56. The summed E-state index contributed by atoms with van der Waals surface area (Å²) in [6.07, 6.45) is 1.86. The van der Waals surface area contributed by atoms with E-state index in [-0.39, 0.29) is 17.0 Å². The molecule has 0 aliphatic rings. The minimum absolute atomic E-state index is 0. The number of hydrogen-bond acceptors (Lipinski definition) is 5. The second-order valence-electron chi connectivity index (χ2n) is 5.51. The molecule has 1 aromatic carbocycles. The Morgan fingerprint density at radius 1 is 1.12 bits per heavy atom. The smallest absolute Gasteiger partial charge is 0.187 e. The van der Waals surface area contributed by atoms with Crippen molar-refractivity contribution in [2.75, 3.05) is 12.4 Å². The molecule has 3 heterocycles. The first-order valence-corrected chi connectivity index (χ1v) is 8.91. The zero-order chi connectivity index (χ0) is 17.4. The number of fused-ring (bicyclic) bond motifs is 1. The summed E-state index contributed by atoms with van der Waals surface area (Å²) in [7, 11) is 1.65. The zero-order valence-corrected chi connectivity index (χ0v) is 17.3. The van der Waals surface area contributed by atoms with Gasteiger partial charge >= 0.3 is 0 Å². The number of methoxy groups -OCH3 is 1. The van der Waals surface area contributed by atoms with E-state index in [0.29, 0.717) is 5.02 Å². The van der Waals surface area contributed by atoms with E-state index in [4.69, 9.17) is 21.3 Å². The largest absolute Gasteiger partial charge is 0.497 e. The lowest BCUT2D eigenvalue weighted by atomic mass is 10.3. The zero-order valence-electron chi connectivity index (χ0n) is 14.1. The van der Waals surface area contributed by atoms with Gasteiger partial charge in [-0.15, -0.1) is 28.3 Å². The van der Waals surface area contributed by atoms with Crippen molar-refractivity contribution < 1.29 is 4.74 Å². The topological polar surface area (TPSA) is 51.5 Å². The Balaban J connectivity index is 0.00000196. The van der Waals surface area contributed by atoms with Gasteiger partial charge in [-0.2, -0.15) is 0 Å². The molecule has 0 radical (unpaired) electrons. The molecule has 3 aromatic heterocycles. The maximum absolute atomic E-state index is 6.14. The van der Waals surface area contributed by atoms with Crippen LogP contribution < -0.4 is 10.1 Å². The molecule has 1 N–H and O–H groups in total. The van der Waals surface area contributed by atoms with Crippen LogP contribution in [-0.4, -0.2) is 21.5 Å². The Labute approximate surface area is 170 Å². The van der Waals surface area contributed by atoms with Crippen LogP contribution in [0.5, 0.6) is 5.75 Å². The molecule has 0 saturated heterocycles. The Morgan fingerprint density at radius 3 is 2.62 bits per heavy atom. The van der Waals surface area contributed by atoms with Crippen LogP contribution in [0.2, 0.25) is 5.02 Å². The lowest BCUT2D eigenvalue weighted by molar-refractivity contribution is 0.415. The minimum atomic E-state index is 0. The number of aryl methyl sites for hydroxylation is 1. The third-order valence-corrected chi connectivity index (χ3v) is 4.83. The van der Waals surface area contributed by atoms with E-state index in [0.717, 1.165) is 39.3 Å². The molecule has 0 atom stereocenters. The molecular weight excluding hydrogens is 436 g/mol. The lowest BCUT2D eigenvalue weighted by Crippen LogP contribution is -1.92. The summed E-state index contributed by atoms with van der Waals surface area (Å²) in [4.78, 5) is 9.28.